The van der Waals surface area contributed by atoms with Gasteiger partial charge in [0.05, 0.1) is 5.56 Å². The topological polar surface area (TPSA) is 43.8 Å². The summed E-state index contributed by atoms with van der Waals surface area (Å²) in [5, 5.41) is 0. The highest BCUT2D eigenvalue weighted by Gasteiger charge is 2.31. The summed E-state index contributed by atoms with van der Waals surface area (Å²) in [6.45, 7) is 2.90. The average Bonchev–Trinajstić information content (AvgIpc) is 2.75. The van der Waals surface area contributed by atoms with Gasteiger partial charge < -0.3 is 10.3 Å². The van der Waals surface area contributed by atoms with Crippen LogP contribution in [-0.2, 0) is 19.1 Å². The Kier molecular flexibility index (Phi) is 3.19. The fraction of sp³-hybridized carbons (Fsp3) is 0.400. The first-order valence-electron chi connectivity index (χ1n) is 6.89. The zero-order valence-corrected chi connectivity index (χ0v) is 11.6. The number of anilines is 1. The van der Waals surface area contributed by atoms with Crippen LogP contribution in [0.3, 0.4) is 0 Å². The van der Waals surface area contributed by atoms with Crippen molar-refractivity contribution in [1.29, 1.82) is 0 Å². The molecule has 1 aliphatic heterocycles. The van der Waals surface area contributed by atoms with Crippen molar-refractivity contribution in [1.82, 2.24) is 9.55 Å². The molecule has 2 N–H and O–H groups in total. The van der Waals surface area contributed by atoms with E-state index >= 15 is 0 Å². The highest BCUT2D eigenvalue weighted by atomic mass is 19.4. The van der Waals surface area contributed by atoms with Gasteiger partial charge in [-0.3, -0.25) is 0 Å². The Morgan fingerprint density at radius 1 is 1.33 bits per heavy atom. The van der Waals surface area contributed by atoms with E-state index in [1.54, 1.807) is 6.07 Å². The zero-order valence-electron chi connectivity index (χ0n) is 11.6. The van der Waals surface area contributed by atoms with Crippen LogP contribution in [-0.4, -0.2) is 9.55 Å². The predicted molar refractivity (Wildman–Crippen MR) is 74.6 cm³/mol. The number of alkyl halides is 3. The minimum Gasteiger partial charge on any atom is -0.383 e. The lowest BCUT2D eigenvalue weighted by Gasteiger charge is -2.20. The molecule has 1 aromatic carbocycles. The van der Waals surface area contributed by atoms with E-state index in [0.29, 0.717) is 23.0 Å². The van der Waals surface area contributed by atoms with E-state index in [1.165, 1.54) is 6.07 Å². The summed E-state index contributed by atoms with van der Waals surface area (Å²) in [7, 11) is 0. The molecule has 0 fully saturated rings. The van der Waals surface area contributed by atoms with E-state index in [9.17, 15) is 13.2 Å². The van der Waals surface area contributed by atoms with Gasteiger partial charge in [0.2, 0.25) is 0 Å². The van der Waals surface area contributed by atoms with Gasteiger partial charge >= 0.3 is 6.18 Å². The molecule has 0 radical (unpaired) electrons. The van der Waals surface area contributed by atoms with Gasteiger partial charge in [0.25, 0.3) is 0 Å². The number of aromatic nitrogens is 2. The molecule has 1 aromatic heterocycles. The van der Waals surface area contributed by atoms with Crippen molar-refractivity contribution < 1.29 is 13.2 Å². The number of hydrogen-bond donors (Lipinski definition) is 1. The molecule has 0 bridgehead atoms. The van der Waals surface area contributed by atoms with E-state index in [0.717, 1.165) is 37.3 Å². The predicted octanol–water partition coefficient (Wildman–Crippen LogP) is 3.73. The molecule has 1 aliphatic rings. The normalized spacial score (nSPS) is 18.6. The van der Waals surface area contributed by atoms with E-state index < -0.39 is 11.7 Å². The second kappa shape index (κ2) is 4.79. The van der Waals surface area contributed by atoms with Gasteiger partial charge in [-0.05, 0) is 24.5 Å². The molecule has 1 unspecified atom stereocenters. The van der Waals surface area contributed by atoms with Crippen LogP contribution in [0.5, 0.6) is 0 Å². The Balaban J connectivity index is 2.06. The number of hydrogen-bond acceptors (Lipinski definition) is 2. The summed E-state index contributed by atoms with van der Waals surface area (Å²) in [5.41, 5.74) is 6.28. The Labute approximate surface area is 120 Å². The van der Waals surface area contributed by atoms with Crippen molar-refractivity contribution >= 4 is 5.82 Å². The molecule has 3 nitrogen and oxygen atoms in total. The van der Waals surface area contributed by atoms with E-state index in [-0.39, 0.29) is 0 Å². The number of benzene rings is 1. The maximum atomic E-state index is 12.8. The van der Waals surface area contributed by atoms with Gasteiger partial charge in [-0.15, -0.1) is 0 Å². The summed E-state index contributed by atoms with van der Waals surface area (Å²) in [6, 6.07) is 5.16. The molecule has 3 rings (SSSR count). The van der Waals surface area contributed by atoms with Gasteiger partial charge in [-0.1, -0.05) is 19.1 Å². The van der Waals surface area contributed by atoms with Gasteiger partial charge in [-0.2, -0.15) is 13.2 Å². The monoisotopic (exact) mass is 295 g/mol. The summed E-state index contributed by atoms with van der Waals surface area (Å²) in [4.78, 5) is 4.45. The average molecular weight is 295 g/mol. The molecule has 21 heavy (non-hydrogen) atoms. The number of halogens is 3. The van der Waals surface area contributed by atoms with Gasteiger partial charge in [-0.25, -0.2) is 4.98 Å². The van der Waals surface area contributed by atoms with Crippen molar-refractivity contribution in [3.63, 3.8) is 0 Å². The zero-order chi connectivity index (χ0) is 15.2. The van der Waals surface area contributed by atoms with Gasteiger partial charge in [0, 0.05) is 18.5 Å². The number of nitrogen functional groups attached to an aromatic ring is 1. The van der Waals surface area contributed by atoms with Crippen molar-refractivity contribution in [2.24, 2.45) is 5.92 Å². The number of imidazole rings is 1. The lowest BCUT2D eigenvalue weighted by atomic mass is 10.0. The van der Waals surface area contributed by atoms with Crippen molar-refractivity contribution in [2.75, 3.05) is 5.73 Å². The first-order valence-corrected chi connectivity index (χ1v) is 6.89. The first-order chi connectivity index (χ1) is 9.86. The van der Waals surface area contributed by atoms with Crippen LogP contribution in [0.1, 0.15) is 24.7 Å². The largest absolute Gasteiger partial charge is 0.416 e. The first kappa shape index (κ1) is 14.0. The number of rotatable bonds is 1. The third-order valence-electron chi connectivity index (χ3n) is 3.90. The quantitative estimate of drug-likeness (QED) is 0.871. The molecule has 112 valence electrons. The van der Waals surface area contributed by atoms with E-state index in [2.05, 4.69) is 11.9 Å². The minimum absolute atomic E-state index is 0.414. The molecule has 0 amide bonds. The van der Waals surface area contributed by atoms with Gasteiger partial charge in [0.15, 0.2) is 0 Å². The lowest BCUT2D eigenvalue weighted by Crippen LogP contribution is -2.19. The Morgan fingerprint density at radius 2 is 2.10 bits per heavy atom. The second-order valence-electron chi connectivity index (χ2n) is 5.59. The highest BCUT2D eigenvalue weighted by molar-refractivity contribution is 5.71. The molecule has 1 atom stereocenters. The van der Waals surface area contributed by atoms with Crippen molar-refractivity contribution in [3.05, 3.63) is 35.7 Å². The Morgan fingerprint density at radius 3 is 2.81 bits per heavy atom. The third kappa shape index (κ3) is 2.50. The molecule has 0 aliphatic carbocycles. The van der Waals surface area contributed by atoms with Crippen LogP contribution in [0.4, 0.5) is 19.0 Å². The number of nitrogens with two attached hydrogens (primary N) is 1. The molecular formula is C15H16F3N3. The molecule has 0 saturated heterocycles. The summed E-state index contributed by atoms with van der Waals surface area (Å²) >= 11 is 0. The minimum atomic E-state index is -4.36. The van der Waals surface area contributed by atoms with E-state index in [1.807, 2.05) is 4.57 Å². The SMILES string of the molecule is CC1CCc2nc(-c3cccc(C(F)(F)F)c3)c(N)n2C1. The summed E-state index contributed by atoms with van der Waals surface area (Å²) in [5.74, 6) is 1.82. The fourth-order valence-electron chi connectivity index (χ4n) is 2.74. The third-order valence-corrected chi connectivity index (χ3v) is 3.90. The smallest absolute Gasteiger partial charge is 0.383 e. The maximum Gasteiger partial charge on any atom is 0.416 e. The molecule has 6 heteroatoms. The van der Waals surface area contributed by atoms with Crippen LogP contribution in [0.15, 0.2) is 24.3 Å². The summed E-state index contributed by atoms with van der Waals surface area (Å²) in [6.07, 6.45) is -2.53. The molecular weight excluding hydrogens is 279 g/mol. The molecule has 0 saturated carbocycles. The Hall–Kier alpha value is -1.98. The molecule has 2 aromatic rings. The Bertz CT molecular complexity index is 673. The van der Waals surface area contributed by atoms with Crippen LogP contribution < -0.4 is 5.73 Å². The van der Waals surface area contributed by atoms with Gasteiger partial charge in [0.1, 0.15) is 17.3 Å². The number of fused-ring (bicyclic) bond motifs is 1. The van der Waals surface area contributed by atoms with Crippen LogP contribution in [0.25, 0.3) is 11.3 Å². The molecule has 2 heterocycles. The van der Waals surface area contributed by atoms with Crippen LogP contribution in [0, 0.1) is 5.92 Å². The maximum absolute atomic E-state index is 12.8. The highest BCUT2D eigenvalue weighted by Crippen LogP contribution is 2.35. The lowest BCUT2D eigenvalue weighted by molar-refractivity contribution is -0.137. The summed E-state index contributed by atoms with van der Waals surface area (Å²) < 4.78 is 40.3. The van der Waals surface area contributed by atoms with Crippen molar-refractivity contribution in [2.45, 2.75) is 32.5 Å². The van der Waals surface area contributed by atoms with Crippen LogP contribution in [0.2, 0.25) is 0 Å². The van der Waals surface area contributed by atoms with Crippen molar-refractivity contribution in [3.8, 4) is 11.3 Å². The fourth-order valence-corrected chi connectivity index (χ4v) is 2.74. The number of nitrogens with zero attached hydrogens (tertiary/aromatic N) is 2. The van der Waals surface area contributed by atoms with Crippen LogP contribution >= 0.6 is 0 Å². The van der Waals surface area contributed by atoms with E-state index in [4.69, 9.17) is 5.73 Å². The molecule has 0 spiro atoms. The number of aryl methyl sites for hydroxylation is 1. The second-order valence-corrected chi connectivity index (χ2v) is 5.59. The standard InChI is InChI=1S/C15H16F3N3/c1-9-5-6-12-20-13(14(19)21(12)8-9)10-3-2-4-11(7-10)15(16,17)18/h2-4,7,9H,5-6,8,19H2,1H3.